The lowest BCUT2D eigenvalue weighted by atomic mass is 10.2. The van der Waals surface area contributed by atoms with Gasteiger partial charge in [0.25, 0.3) is 10.0 Å². The van der Waals surface area contributed by atoms with Crippen molar-refractivity contribution in [1.82, 2.24) is 5.43 Å². The Morgan fingerprint density at radius 1 is 1.35 bits per heavy atom. The SMILES string of the molecule is CS(=O)(=O)/N=C1/CCN(c2cccc(C(F)(F)F)c2)N1. The highest BCUT2D eigenvalue weighted by Gasteiger charge is 2.31. The first kappa shape index (κ1) is 14.6. The molecule has 0 aromatic heterocycles. The zero-order chi connectivity index (χ0) is 15.0. The summed E-state index contributed by atoms with van der Waals surface area (Å²) < 4.78 is 63.3. The first-order valence-corrected chi connectivity index (χ1v) is 7.50. The normalized spacial score (nSPS) is 18.4. The van der Waals surface area contributed by atoms with Crippen molar-refractivity contribution in [2.75, 3.05) is 17.8 Å². The molecule has 0 spiro atoms. The van der Waals surface area contributed by atoms with Crippen LogP contribution in [-0.2, 0) is 16.2 Å². The summed E-state index contributed by atoms with van der Waals surface area (Å²) in [4.78, 5) is 0. The van der Waals surface area contributed by atoms with Crippen LogP contribution in [0.5, 0.6) is 0 Å². The first-order chi connectivity index (χ1) is 9.15. The monoisotopic (exact) mass is 307 g/mol. The topological polar surface area (TPSA) is 61.8 Å². The highest BCUT2D eigenvalue weighted by atomic mass is 32.2. The fourth-order valence-electron chi connectivity index (χ4n) is 1.80. The van der Waals surface area contributed by atoms with Gasteiger partial charge in [-0.15, -0.1) is 4.40 Å². The van der Waals surface area contributed by atoms with Crippen LogP contribution in [0.25, 0.3) is 0 Å². The highest BCUT2D eigenvalue weighted by Crippen LogP contribution is 2.31. The van der Waals surface area contributed by atoms with Gasteiger partial charge in [0.15, 0.2) is 0 Å². The van der Waals surface area contributed by atoms with E-state index in [1.807, 2.05) is 0 Å². The Kier molecular flexibility index (Phi) is 3.63. The number of rotatable bonds is 2. The average molecular weight is 307 g/mol. The van der Waals surface area contributed by atoms with Crippen LogP contribution >= 0.6 is 0 Å². The van der Waals surface area contributed by atoms with Crippen molar-refractivity contribution in [1.29, 1.82) is 0 Å². The Labute approximate surface area is 114 Å². The van der Waals surface area contributed by atoms with Gasteiger partial charge in [0.2, 0.25) is 0 Å². The van der Waals surface area contributed by atoms with Crippen molar-refractivity contribution in [2.24, 2.45) is 4.40 Å². The van der Waals surface area contributed by atoms with E-state index in [-0.39, 0.29) is 5.84 Å². The van der Waals surface area contributed by atoms with Crippen molar-refractivity contribution in [3.05, 3.63) is 29.8 Å². The maximum Gasteiger partial charge on any atom is 0.416 e. The average Bonchev–Trinajstić information content (AvgIpc) is 2.74. The van der Waals surface area contributed by atoms with Gasteiger partial charge in [0, 0.05) is 13.0 Å². The molecule has 1 fully saturated rings. The number of hydrogen-bond donors (Lipinski definition) is 1. The van der Waals surface area contributed by atoms with Crippen molar-refractivity contribution >= 4 is 21.5 Å². The zero-order valence-corrected chi connectivity index (χ0v) is 11.3. The molecule has 0 radical (unpaired) electrons. The summed E-state index contributed by atoms with van der Waals surface area (Å²) in [5, 5.41) is 1.43. The number of alkyl halides is 3. The van der Waals surface area contributed by atoms with E-state index in [0.717, 1.165) is 18.4 Å². The van der Waals surface area contributed by atoms with Crippen molar-refractivity contribution < 1.29 is 21.6 Å². The largest absolute Gasteiger partial charge is 0.416 e. The van der Waals surface area contributed by atoms with Gasteiger partial charge < -0.3 is 0 Å². The summed E-state index contributed by atoms with van der Waals surface area (Å²) in [6, 6.07) is 4.78. The van der Waals surface area contributed by atoms with Crippen LogP contribution in [0, 0.1) is 0 Å². The summed E-state index contributed by atoms with van der Waals surface area (Å²) in [6.07, 6.45) is -3.14. The molecule has 0 amide bonds. The highest BCUT2D eigenvalue weighted by molar-refractivity contribution is 7.89. The van der Waals surface area contributed by atoms with E-state index in [9.17, 15) is 21.6 Å². The number of nitrogens with zero attached hydrogens (tertiary/aromatic N) is 2. The second-order valence-corrected chi connectivity index (χ2v) is 5.98. The molecular weight excluding hydrogens is 295 g/mol. The number of hydrogen-bond acceptors (Lipinski definition) is 3. The molecule has 1 saturated heterocycles. The van der Waals surface area contributed by atoms with Gasteiger partial charge in [-0.2, -0.15) is 13.2 Å². The van der Waals surface area contributed by atoms with Gasteiger partial charge in [0.1, 0.15) is 5.84 Å². The van der Waals surface area contributed by atoms with Gasteiger partial charge in [-0.3, -0.25) is 10.4 Å². The van der Waals surface area contributed by atoms with Gasteiger partial charge in [-0.25, -0.2) is 8.42 Å². The zero-order valence-electron chi connectivity index (χ0n) is 10.5. The third-order valence-electron chi connectivity index (χ3n) is 2.60. The molecule has 0 atom stereocenters. The second-order valence-electron chi connectivity index (χ2n) is 4.33. The second kappa shape index (κ2) is 4.97. The summed E-state index contributed by atoms with van der Waals surface area (Å²) in [7, 11) is -3.53. The number of benzene rings is 1. The number of amidine groups is 1. The lowest BCUT2D eigenvalue weighted by molar-refractivity contribution is -0.137. The third kappa shape index (κ3) is 3.62. The molecule has 1 heterocycles. The molecule has 1 aliphatic heterocycles. The lowest BCUT2D eigenvalue weighted by Crippen LogP contribution is -2.33. The first-order valence-electron chi connectivity index (χ1n) is 5.65. The van der Waals surface area contributed by atoms with E-state index in [4.69, 9.17) is 0 Å². The van der Waals surface area contributed by atoms with Gasteiger partial charge in [-0.1, -0.05) is 6.07 Å². The van der Waals surface area contributed by atoms with Gasteiger partial charge in [0.05, 0.1) is 17.5 Å². The lowest BCUT2D eigenvalue weighted by Gasteiger charge is -2.19. The number of halogens is 3. The number of hydrazine groups is 1. The van der Waals surface area contributed by atoms with E-state index in [2.05, 4.69) is 9.82 Å². The van der Waals surface area contributed by atoms with Crippen LogP contribution in [0.3, 0.4) is 0 Å². The van der Waals surface area contributed by atoms with E-state index < -0.39 is 21.8 Å². The molecule has 1 aromatic rings. The Bertz CT molecular complexity index is 641. The molecule has 20 heavy (non-hydrogen) atoms. The smallest absolute Gasteiger partial charge is 0.286 e. The van der Waals surface area contributed by atoms with Crippen LogP contribution in [0.2, 0.25) is 0 Å². The molecule has 0 unspecified atom stereocenters. The summed E-state index contributed by atoms with van der Waals surface area (Å²) in [5.74, 6) is 0.213. The van der Waals surface area contributed by atoms with Crippen LogP contribution in [-0.4, -0.2) is 27.1 Å². The van der Waals surface area contributed by atoms with Crippen LogP contribution < -0.4 is 10.4 Å². The maximum absolute atomic E-state index is 12.6. The van der Waals surface area contributed by atoms with Gasteiger partial charge >= 0.3 is 6.18 Å². The number of anilines is 1. The summed E-state index contributed by atoms with van der Waals surface area (Å²) >= 11 is 0. The Morgan fingerprint density at radius 2 is 2.05 bits per heavy atom. The molecule has 9 heteroatoms. The molecular formula is C11H12F3N3O2S. The number of sulfonamides is 1. The van der Waals surface area contributed by atoms with Gasteiger partial charge in [-0.05, 0) is 18.2 Å². The molecule has 1 N–H and O–H groups in total. The van der Waals surface area contributed by atoms with Crippen molar-refractivity contribution in [3.8, 4) is 0 Å². The summed E-state index contributed by atoms with van der Waals surface area (Å²) in [5.41, 5.74) is 2.22. The fraction of sp³-hybridized carbons (Fsp3) is 0.364. The molecule has 0 saturated carbocycles. The Hall–Kier alpha value is -1.77. The fourth-order valence-corrected chi connectivity index (χ4v) is 2.33. The molecule has 0 bridgehead atoms. The van der Waals surface area contributed by atoms with Crippen LogP contribution in [0.1, 0.15) is 12.0 Å². The maximum atomic E-state index is 12.6. The standard InChI is InChI=1S/C11H12F3N3O2S/c1-20(18,19)16-10-5-6-17(15-10)9-4-2-3-8(7-9)11(12,13)14/h2-4,7H,5-6H2,1H3,(H,15,16). The molecule has 2 rings (SSSR count). The third-order valence-corrected chi connectivity index (χ3v) is 3.15. The number of nitrogens with one attached hydrogen (secondary N) is 1. The predicted octanol–water partition coefficient (Wildman–Crippen LogP) is 1.78. The Balaban J connectivity index is 2.21. The summed E-state index contributed by atoms with van der Waals surface area (Å²) in [6.45, 7) is 0.343. The van der Waals surface area contributed by atoms with E-state index in [1.54, 1.807) is 0 Å². The van der Waals surface area contributed by atoms with Crippen molar-refractivity contribution in [2.45, 2.75) is 12.6 Å². The minimum atomic E-state index is -4.42. The molecule has 1 aromatic carbocycles. The molecule has 5 nitrogen and oxygen atoms in total. The van der Waals surface area contributed by atoms with E-state index >= 15 is 0 Å². The van der Waals surface area contributed by atoms with Crippen LogP contribution in [0.15, 0.2) is 28.7 Å². The van der Waals surface area contributed by atoms with Crippen LogP contribution in [0.4, 0.5) is 18.9 Å². The molecule has 110 valence electrons. The predicted molar refractivity (Wildman–Crippen MR) is 68.8 cm³/mol. The Morgan fingerprint density at radius 3 is 2.65 bits per heavy atom. The minimum absolute atomic E-state index is 0.213. The van der Waals surface area contributed by atoms with E-state index in [0.29, 0.717) is 18.7 Å². The van der Waals surface area contributed by atoms with Crippen molar-refractivity contribution in [3.63, 3.8) is 0 Å². The molecule has 1 aliphatic rings. The molecule has 0 aliphatic carbocycles. The quantitative estimate of drug-likeness (QED) is 0.904. The van der Waals surface area contributed by atoms with E-state index in [1.165, 1.54) is 17.1 Å². The minimum Gasteiger partial charge on any atom is -0.286 e.